The van der Waals surface area contributed by atoms with E-state index < -0.39 is 29.0 Å². The zero-order valence-corrected chi connectivity index (χ0v) is 17.7. The Morgan fingerprint density at radius 1 is 1.15 bits per heavy atom. The van der Waals surface area contributed by atoms with Gasteiger partial charge in [0.2, 0.25) is 0 Å². The number of carbonyl (C=O) groups is 1. The summed E-state index contributed by atoms with van der Waals surface area (Å²) in [4.78, 5) is 24.7. The molecule has 8 nitrogen and oxygen atoms in total. The maximum absolute atomic E-state index is 14.3. The molecule has 2 aromatic heterocycles. The van der Waals surface area contributed by atoms with Crippen molar-refractivity contribution < 1.29 is 22.4 Å². The van der Waals surface area contributed by atoms with Gasteiger partial charge in [-0.2, -0.15) is 18.3 Å². The van der Waals surface area contributed by atoms with E-state index in [1.165, 1.54) is 4.90 Å². The molecule has 1 aromatic carbocycles. The molecule has 0 saturated carbocycles. The number of aryl methyl sites for hydroxylation is 1. The molecule has 0 bridgehead atoms. The second-order valence-electron chi connectivity index (χ2n) is 7.69. The number of aromatic amines is 1. The molecule has 0 radical (unpaired) electrons. The lowest BCUT2D eigenvalue weighted by atomic mass is 10.1. The predicted molar refractivity (Wildman–Crippen MR) is 111 cm³/mol. The molecule has 33 heavy (non-hydrogen) atoms. The van der Waals surface area contributed by atoms with E-state index >= 15 is 0 Å². The molecule has 0 aliphatic carbocycles. The average molecular weight is 463 g/mol. The minimum absolute atomic E-state index is 0.256. The molecule has 0 spiro atoms. The number of H-pyrrole nitrogens is 1. The van der Waals surface area contributed by atoms with E-state index in [0.29, 0.717) is 43.0 Å². The molecule has 3 heterocycles. The monoisotopic (exact) mass is 463 g/mol. The topological polar surface area (TPSA) is 90.0 Å². The highest BCUT2D eigenvalue weighted by molar-refractivity contribution is 5.94. The van der Waals surface area contributed by atoms with Crippen molar-refractivity contribution in [3.8, 4) is 0 Å². The number of halogens is 4. The quantitative estimate of drug-likeness (QED) is 0.564. The second kappa shape index (κ2) is 9.14. The molecular weight excluding hydrogens is 442 g/mol. The number of benzene rings is 1. The van der Waals surface area contributed by atoms with E-state index in [9.17, 15) is 22.4 Å². The van der Waals surface area contributed by atoms with Crippen LogP contribution in [0.1, 0.15) is 27.3 Å². The molecule has 1 amide bonds. The second-order valence-corrected chi connectivity index (χ2v) is 7.69. The van der Waals surface area contributed by atoms with Gasteiger partial charge in [-0.1, -0.05) is 6.07 Å². The van der Waals surface area contributed by atoms with Crippen molar-refractivity contribution >= 4 is 17.5 Å². The van der Waals surface area contributed by atoms with Gasteiger partial charge >= 0.3 is 6.18 Å². The Balaban J connectivity index is 1.36. The van der Waals surface area contributed by atoms with E-state index in [-0.39, 0.29) is 13.1 Å². The van der Waals surface area contributed by atoms with Crippen molar-refractivity contribution in [1.29, 1.82) is 0 Å². The van der Waals surface area contributed by atoms with Crippen LogP contribution in [-0.4, -0.2) is 62.1 Å². The first-order chi connectivity index (χ1) is 15.7. The average Bonchev–Trinajstić information content (AvgIpc) is 3.18. The Morgan fingerprint density at radius 2 is 1.91 bits per heavy atom. The molecule has 1 saturated heterocycles. The highest BCUT2D eigenvalue weighted by Crippen LogP contribution is 2.32. The fourth-order valence-electron chi connectivity index (χ4n) is 3.58. The zero-order valence-electron chi connectivity index (χ0n) is 17.7. The van der Waals surface area contributed by atoms with E-state index in [2.05, 4.69) is 25.5 Å². The summed E-state index contributed by atoms with van der Waals surface area (Å²) in [6, 6.07) is 4.58. The lowest BCUT2D eigenvalue weighted by Crippen LogP contribution is -2.48. The lowest BCUT2D eigenvalue weighted by Gasteiger charge is -2.34. The molecule has 3 aromatic rings. The van der Waals surface area contributed by atoms with Gasteiger partial charge in [0.25, 0.3) is 5.91 Å². The number of piperazine rings is 1. The van der Waals surface area contributed by atoms with Gasteiger partial charge in [-0.25, -0.2) is 9.37 Å². The third-order valence-corrected chi connectivity index (χ3v) is 5.23. The van der Waals surface area contributed by atoms with Crippen LogP contribution < -0.4 is 5.32 Å². The maximum Gasteiger partial charge on any atom is 0.419 e. The van der Waals surface area contributed by atoms with Crippen molar-refractivity contribution in [1.82, 2.24) is 30.0 Å². The van der Waals surface area contributed by atoms with Gasteiger partial charge in [0.1, 0.15) is 11.6 Å². The number of hydrogen-bond acceptors (Lipinski definition) is 6. The number of nitrogens with zero attached hydrogens (tertiary/aromatic N) is 5. The molecule has 1 aliphatic heterocycles. The van der Waals surface area contributed by atoms with E-state index in [1.807, 2.05) is 17.9 Å². The zero-order chi connectivity index (χ0) is 23.6. The first-order valence-corrected chi connectivity index (χ1v) is 10.2. The van der Waals surface area contributed by atoms with Crippen LogP contribution in [0.5, 0.6) is 0 Å². The van der Waals surface area contributed by atoms with Gasteiger partial charge in [0, 0.05) is 50.7 Å². The first kappa shape index (κ1) is 22.6. The van der Waals surface area contributed by atoms with Crippen LogP contribution in [0.25, 0.3) is 0 Å². The Labute approximate surface area is 186 Å². The molecular formula is C21H21F4N7O. The number of hydrogen-bond donors (Lipinski definition) is 2. The van der Waals surface area contributed by atoms with Gasteiger partial charge in [0.15, 0.2) is 5.82 Å². The first-order valence-electron chi connectivity index (χ1n) is 10.2. The number of nitrogens with one attached hydrogen (secondary N) is 2. The van der Waals surface area contributed by atoms with Crippen molar-refractivity contribution in [2.75, 3.05) is 31.5 Å². The molecule has 1 aliphatic rings. The van der Waals surface area contributed by atoms with Crippen molar-refractivity contribution in [2.45, 2.75) is 19.6 Å². The molecule has 2 N–H and O–H groups in total. The highest BCUT2D eigenvalue weighted by Gasteiger charge is 2.36. The Bertz CT molecular complexity index is 1140. The van der Waals surface area contributed by atoms with Crippen molar-refractivity contribution in [2.24, 2.45) is 0 Å². The number of amides is 1. The molecule has 0 atom stereocenters. The lowest BCUT2D eigenvalue weighted by molar-refractivity contribution is -0.140. The molecule has 12 heteroatoms. The fraction of sp³-hybridized carbons (Fsp3) is 0.333. The van der Waals surface area contributed by atoms with Gasteiger partial charge in [-0.05, 0) is 19.1 Å². The Morgan fingerprint density at radius 3 is 2.58 bits per heavy atom. The number of anilines is 2. The fourth-order valence-corrected chi connectivity index (χ4v) is 3.58. The standard InChI is InChI=1S/C21H21F4N7O/c1-13-9-17(30-29-13)28-18-11-26-10-14(27-18)12-31-5-7-32(8-6-31)20(33)15-3-2-4-16(19(15)22)21(23,24)25/h2-4,9-11H,5-8,12H2,1H3,(H2,27,28,29,30). The molecule has 1 fully saturated rings. The van der Waals surface area contributed by atoms with Crippen LogP contribution >= 0.6 is 0 Å². The van der Waals surface area contributed by atoms with Crippen LogP contribution in [0.15, 0.2) is 36.7 Å². The largest absolute Gasteiger partial charge is 0.419 e. The molecule has 0 unspecified atom stereocenters. The van der Waals surface area contributed by atoms with Crippen molar-refractivity contribution in [3.05, 3.63) is 65.0 Å². The number of aromatic nitrogens is 4. The van der Waals surface area contributed by atoms with Crippen LogP contribution in [0.3, 0.4) is 0 Å². The summed E-state index contributed by atoms with van der Waals surface area (Å²) in [5.41, 5.74) is -0.407. The summed E-state index contributed by atoms with van der Waals surface area (Å²) in [6.07, 6.45) is -1.65. The third kappa shape index (κ3) is 5.28. The SMILES string of the molecule is Cc1cc(Nc2cncc(CN3CCN(C(=O)c4cccc(C(F)(F)F)c4F)CC3)n2)n[nH]1. The van der Waals surface area contributed by atoms with Gasteiger partial charge in [0.05, 0.1) is 23.0 Å². The predicted octanol–water partition coefficient (Wildman–Crippen LogP) is 3.37. The minimum Gasteiger partial charge on any atom is -0.336 e. The summed E-state index contributed by atoms with van der Waals surface area (Å²) in [6.45, 7) is 3.79. The van der Waals surface area contributed by atoms with E-state index in [4.69, 9.17) is 0 Å². The van der Waals surface area contributed by atoms with Crippen LogP contribution in [0.2, 0.25) is 0 Å². The van der Waals surface area contributed by atoms with Gasteiger partial charge in [-0.3, -0.25) is 19.8 Å². The normalized spacial score (nSPS) is 15.0. The van der Waals surface area contributed by atoms with E-state index in [1.54, 1.807) is 12.4 Å². The summed E-state index contributed by atoms with van der Waals surface area (Å²) >= 11 is 0. The van der Waals surface area contributed by atoms with Crippen LogP contribution in [0.4, 0.5) is 29.2 Å². The summed E-state index contributed by atoms with van der Waals surface area (Å²) < 4.78 is 53.2. The van der Waals surface area contributed by atoms with Crippen LogP contribution in [0, 0.1) is 12.7 Å². The van der Waals surface area contributed by atoms with E-state index in [0.717, 1.165) is 17.8 Å². The maximum atomic E-state index is 14.3. The highest BCUT2D eigenvalue weighted by atomic mass is 19.4. The van der Waals surface area contributed by atoms with Crippen molar-refractivity contribution in [3.63, 3.8) is 0 Å². The summed E-state index contributed by atoms with van der Waals surface area (Å²) in [5, 5.41) is 9.98. The third-order valence-electron chi connectivity index (χ3n) is 5.23. The number of rotatable bonds is 5. The molecule has 4 rings (SSSR count). The number of alkyl halides is 3. The Hall–Kier alpha value is -3.54. The minimum atomic E-state index is -4.86. The summed E-state index contributed by atoms with van der Waals surface area (Å²) in [7, 11) is 0. The van der Waals surface area contributed by atoms with Gasteiger partial charge in [-0.15, -0.1) is 0 Å². The smallest absolute Gasteiger partial charge is 0.336 e. The van der Waals surface area contributed by atoms with Gasteiger partial charge < -0.3 is 10.2 Å². The van der Waals surface area contributed by atoms with Crippen LogP contribution in [-0.2, 0) is 12.7 Å². The Kier molecular flexibility index (Phi) is 6.27. The number of carbonyl (C=O) groups excluding carboxylic acids is 1. The molecule has 174 valence electrons. The summed E-state index contributed by atoms with van der Waals surface area (Å²) in [5.74, 6) is -1.14.